The predicted octanol–water partition coefficient (Wildman–Crippen LogP) is 3.11. The summed E-state index contributed by atoms with van der Waals surface area (Å²) in [5, 5.41) is 3.60. The molecule has 4 heteroatoms. The van der Waals surface area contributed by atoms with Gasteiger partial charge in [0, 0.05) is 6.54 Å². The second kappa shape index (κ2) is 5.43. The molecule has 2 atom stereocenters. The lowest BCUT2D eigenvalue weighted by Crippen LogP contribution is -2.44. The summed E-state index contributed by atoms with van der Waals surface area (Å²) < 4.78 is 6.38. The summed E-state index contributed by atoms with van der Waals surface area (Å²) in [6, 6.07) is 0. The van der Waals surface area contributed by atoms with Crippen LogP contribution in [0.3, 0.4) is 0 Å². The third-order valence-corrected chi connectivity index (χ3v) is 9.00. The summed E-state index contributed by atoms with van der Waals surface area (Å²) in [5.74, 6) is 0. The van der Waals surface area contributed by atoms with Gasteiger partial charge in [0.05, 0.1) is 11.6 Å². The molecule has 0 unspecified atom stereocenters. The van der Waals surface area contributed by atoms with Crippen molar-refractivity contribution in [3.05, 3.63) is 0 Å². The minimum atomic E-state index is -1.72. The Bertz CT molecular complexity index is 299. The molecule has 0 radical (unpaired) electrons. The van der Waals surface area contributed by atoms with Crippen molar-refractivity contribution in [1.82, 2.24) is 5.32 Å². The van der Waals surface area contributed by atoms with E-state index in [4.69, 9.17) is 4.43 Å². The maximum absolute atomic E-state index is 11.3. The van der Waals surface area contributed by atoms with E-state index in [0.29, 0.717) is 0 Å². The highest BCUT2D eigenvalue weighted by atomic mass is 28.4. The van der Waals surface area contributed by atoms with E-state index >= 15 is 0 Å². The van der Waals surface area contributed by atoms with Crippen LogP contribution >= 0.6 is 0 Å². The smallest absolute Gasteiger partial charge is 0.192 e. The number of rotatable bonds is 5. The van der Waals surface area contributed by atoms with Crippen LogP contribution in [0.4, 0.5) is 0 Å². The fraction of sp³-hybridized carbons (Fsp3) is 0.929. The molecule has 18 heavy (non-hydrogen) atoms. The van der Waals surface area contributed by atoms with Gasteiger partial charge in [-0.3, -0.25) is 0 Å². The summed E-state index contributed by atoms with van der Waals surface area (Å²) in [5.41, 5.74) is -0.332. The van der Waals surface area contributed by atoms with Crippen molar-refractivity contribution < 1.29 is 9.22 Å². The molecule has 0 aromatic carbocycles. The molecule has 1 saturated heterocycles. The van der Waals surface area contributed by atoms with E-state index in [0.717, 1.165) is 32.1 Å². The van der Waals surface area contributed by atoms with Crippen LogP contribution in [0.25, 0.3) is 0 Å². The second-order valence-corrected chi connectivity index (χ2v) is 11.9. The Hall–Kier alpha value is -0.193. The first kappa shape index (κ1) is 15.9. The molecule has 1 aliphatic rings. The van der Waals surface area contributed by atoms with Gasteiger partial charge in [0.25, 0.3) is 0 Å². The molecule has 1 N–H and O–H groups in total. The van der Waals surface area contributed by atoms with Crippen LogP contribution in [0, 0.1) is 0 Å². The fourth-order valence-corrected chi connectivity index (χ4v) is 3.68. The van der Waals surface area contributed by atoms with Gasteiger partial charge in [0.1, 0.15) is 6.29 Å². The van der Waals surface area contributed by atoms with Crippen LogP contribution < -0.4 is 5.32 Å². The third-order valence-electron chi connectivity index (χ3n) is 4.46. The van der Waals surface area contributed by atoms with Crippen LogP contribution in [0.1, 0.15) is 47.0 Å². The molecular weight excluding hydrogens is 242 g/mol. The molecule has 0 spiro atoms. The SMILES string of the molecule is CCC[C@@]1(C=O)C[C@@H](O[Si](C)(C)C(C)(C)C)CN1. The van der Waals surface area contributed by atoms with Crippen molar-refractivity contribution in [2.24, 2.45) is 0 Å². The van der Waals surface area contributed by atoms with Crippen molar-refractivity contribution >= 4 is 14.6 Å². The first-order valence-electron chi connectivity index (χ1n) is 7.05. The first-order chi connectivity index (χ1) is 8.16. The Morgan fingerprint density at radius 2 is 2.06 bits per heavy atom. The number of hydrogen-bond donors (Lipinski definition) is 1. The Kier molecular flexibility index (Phi) is 4.79. The van der Waals surface area contributed by atoms with Crippen molar-refractivity contribution in [1.29, 1.82) is 0 Å². The molecule has 3 nitrogen and oxygen atoms in total. The summed E-state index contributed by atoms with van der Waals surface area (Å²) in [7, 11) is -1.72. The lowest BCUT2D eigenvalue weighted by molar-refractivity contribution is -0.113. The van der Waals surface area contributed by atoms with Crippen LogP contribution in [0.15, 0.2) is 0 Å². The number of hydrogen-bond acceptors (Lipinski definition) is 3. The van der Waals surface area contributed by atoms with Gasteiger partial charge in [-0.25, -0.2) is 0 Å². The topological polar surface area (TPSA) is 38.3 Å². The summed E-state index contributed by atoms with van der Waals surface area (Å²) >= 11 is 0. The Morgan fingerprint density at radius 1 is 1.44 bits per heavy atom. The zero-order valence-corrected chi connectivity index (χ0v) is 13.8. The second-order valence-electron chi connectivity index (χ2n) is 7.11. The van der Waals surface area contributed by atoms with E-state index in [1.807, 2.05) is 0 Å². The molecule has 1 fully saturated rings. The molecule has 0 aromatic heterocycles. The van der Waals surface area contributed by atoms with Gasteiger partial charge >= 0.3 is 0 Å². The van der Waals surface area contributed by atoms with Gasteiger partial charge in [0.2, 0.25) is 0 Å². The van der Waals surface area contributed by atoms with Crippen molar-refractivity contribution in [3.63, 3.8) is 0 Å². The number of aldehydes is 1. The van der Waals surface area contributed by atoms with Gasteiger partial charge in [0.15, 0.2) is 8.32 Å². The molecule has 0 amide bonds. The quantitative estimate of drug-likeness (QED) is 0.617. The molecular formula is C14H29NO2Si. The van der Waals surface area contributed by atoms with E-state index in [2.05, 4.69) is 46.1 Å². The van der Waals surface area contributed by atoms with Gasteiger partial charge in [-0.15, -0.1) is 0 Å². The Labute approximate surface area is 113 Å². The zero-order valence-electron chi connectivity index (χ0n) is 12.8. The fourth-order valence-electron chi connectivity index (χ4n) is 2.33. The summed E-state index contributed by atoms with van der Waals surface area (Å²) in [6.07, 6.45) is 4.05. The number of carbonyl (C=O) groups excluding carboxylic acids is 1. The van der Waals surface area contributed by atoms with Gasteiger partial charge < -0.3 is 14.5 Å². The minimum Gasteiger partial charge on any atom is -0.413 e. The minimum absolute atomic E-state index is 0.197. The largest absolute Gasteiger partial charge is 0.413 e. The van der Waals surface area contributed by atoms with Gasteiger partial charge in [-0.2, -0.15) is 0 Å². The lowest BCUT2D eigenvalue weighted by atomic mass is 9.93. The highest BCUT2D eigenvalue weighted by Crippen LogP contribution is 2.39. The van der Waals surface area contributed by atoms with Crippen LogP contribution in [0.5, 0.6) is 0 Å². The number of carbonyl (C=O) groups is 1. The van der Waals surface area contributed by atoms with Crippen molar-refractivity contribution in [3.8, 4) is 0 Å². The van der Waals surface area contributed by atoms with Crippen LogP contribution in [-0.2, 0) is 9.22 Å². The zero-order chi connectivity index (χ0) is 14.0. The first-order valence-corrected chi connectivity index (χ1v) is 9.96. The van der Waals surface area contributed by atoms with Gasteiger partial charge in [-0.1, -0.05) is 34.1 Å². The van der Waals surface area contributed by atoms with E-state index in [1.54, 1.807) is 0 Å². The molecule has 0 bridgehead atoms. The average molecular weight is 271 g/mol. The Balaban J connectivity index is 2.65. The molecule has 1 aliphatic heterocycles. The summed E-state index contributed by atoms with van der Waals surface area (Å²) in [6.45, 7) is 14.2. The predicted molar refractivity (Wildman–Crippen MR) is 78.4 cm³/mol. The molecule has 0 aliphatic carbocycles. The third kappa shape index (κ3) is 3.43. The van der Waals surface area contributed by atoms with Crippen molar-refractivity contribution in [2.75, 3.05) is 6.54 Å². The van der Waals surface area contributed by atoms with E-state index in [9.17, 15) is 4.79 Å². The lowest BCUT2D eigenvalue weighted by Gasteiger charge is -2.38. The molecule has 106 valence electrons. The highest BCUT2D eigenvalue weighted by molar-refractivity contribution is 6.74. The van der Waals surface area contributed by atoms with E-state index in [-0.39, 0.29) is 16.7 Å². The maximum Gasteiger partial charge on any atom is 0.192 e. The standard InChI is InChI=1S/C14H29NO2Si/c1-7-8-14(11-16)9-12(10-15-14)17-18(5,6)13(2,3)4/h11-12,15H,7-10H2,1-6H3/t12-,14+/m1/s1. The van der Waals surface area contributed by atoms with Gasteiger partial charge in [-0.05, 0) is 31.0 Å². The van der Waals surface area contributed by atoms with Crippen molar-refractivity contribution in [2.45, 2.75) is 76.7 Å². The number of nitrogens with one attached hydrogen (secondary N) is 1. The monoisotopic (exact) mass is 271 g/mol. The molecule has 0 saturated carbocycles. The van der Waals surface area contributed by atoms with E-state index in [1.165, 1.54) is 0 Å². The van der Waals surface area contributed by atoms with E-state index < -0.39 is 8.32 Å². The molecule has 1 rings (SSSR count). The molecule has 0 aromatic rings. The van der Waals surface area contributed by atoms with Crippen LogP contribution in [-0.4, -0.2) is 32.8 Å². The Morgan fingerprint density at radius 3 is 2.50 bits per heavy atom. The normalized spacial score (nSPS) is 29.6. The van der Waals surface area contributed by atoms with Crippen LogP contribution in [0.2, 0.25) is 18.1 Å². The molecule has 1 heterocycles. The summed E-state index contributed by atoms with van der Waals surface area (Å²) in [4.78, 5) is 11.3. The maximum atomic E-state index is 11.3. The average Bonchev–Trinajstić information content (AvgIpc) is 2.60. The highest BCUT2D eigenvalue weighted by Gasteiger charge is 2.44.